The van der Waals surface area contributed by atoms with Crippen molar-refractivity contribution in [3.05, 3.63) is 33.4 Å². The first-order chi connectivity index (χ1) is 22.2. The molecule has 4 aromatic rings. The predicted molar refractivity (Wildman–Crippen MR) is 151 cm³/mol. The van der Waals surface area contributed by atoms with Gasteiger partial charge in [-0.2, -0.15) is 9.97 Å². The van der Waals surface area contributed by atoms with Crippen molar-refractivity contribution in [2.75, 3.05) is 31.8 Å². The second-order valence-electron chi connectivity index (χ2n) is 10.5. The monoisotopic (exact) mass is 704 g/mol. The number of nitrogens with two attached hydrogens (primary N) is 2. The minimum Gasteiger partial charge on any atom is -0.386 e. The van der Waals surface area contributed by atoms with Crippen LogP contribution < -0.4 is 22.6 Å². The van der Waals surface area contributed by atoms with Gasteiger partial charge >= 0.3 is 15.6 Å². The number of ether oxygens (including phenoxy) is 3. The summed E-state index contributed by atoms with van der Waals surface area (Å²) in [7, 11) is -8.87. The average Bonchev–Trinajstić information content (AvgIpc) is 3.75. The Balaban J connectivity index is 1.19. The Hall–Kier alpha value is -3.64. The largest absolute Gasteiger partial charge is 0.472 e. The van der Waals surface area contributed by atoms with Crippen molar-refractivity contribution in [1.29, 1.82) is 0 Å². The highest BCUT2D eigenvalue weighted by molar-refractivity contribution is 7.47. The van der Waals surface area contributed by atoms with Crippen LogP contribution in [0.4, 0.5) is 11.9 Å². The van der Waals surface area contributed by atoms with Gasteiger partial charge in [0, 0.05) is 7.11 Å². The van der Waals surface area contributed by atoms with Crippen molar-refractivity contribution in [2.45, 2.75) is 49.1 Å². The van der Waals surface area contributed by atoms with Crippen LogP contribution in [0.1, 0.15) is 12.5 Å². The summed E-state index contributed by atoms with van der Waals surface area (Å²) in [6.45, 7) is -1.61. The number of phosphoric ester groups is 2. The van der Waals surface area contributed by atoms with E-state index < -0.39 is 89.1 Å². The Labute approximate surface area is 259 Å². The number of aromatic amines is 2. The molecule has 3 aliphatic heterocycles. The van der Waals surface area contributed by atoms with E-state index in [1.807, 2.05) is 0 Å². The second-order valence-corrected chi connectivity index (χ2v) is 13.4. The van der Waals surface area contributed by atoms with Gasteiger partial charge in [0.05, 0.1) is 25.9 Å². The van der Waals surface area contributed by atoms with Crippen molar-refractivity contribution in [2.24, 2.45) is 0 Å². The van der Waals surface area contributed by atoms with E-state index in [4.69, 9.17) is 43.8 Å². The first kappa shape index (κ1) is 31.9. The van der Waals surface area contributed by atoms with Crippen LogP contribution in [0.15, 0.2) is 22.2 Å². The average molecular weight is 704 g/mol. The van der Waals surface area contributed by atoms with Crippen LogP contribution in [0.5, 0.6) is 0 Å². The Morgan fingerprint density at radius 1 is 0.851 bits per heavy atom. The molecule has 0 amide bonds. The standard InChI is InChI=1S/C21H26N10O14P2/c1-39-13-12-7(43-19(13)31-5-25-9-15(31)27-21(23)29-17(9)34)3-41-46(35,36)44-11-6(2-40-47(37,38)45-12)42-18(10(11)32)30-4-24-8-14(30)26-20(22)28-16(8)33/h4-7,10-13,18-19,32H,2-3H2,1H3,(H,35,36)(H,37,38)(H3,22,26,28,33)(H3,23,27,29,34)/t6-,7-,10-,11-,12-,13-,18-,19-/m1/s1. The summed E-state index contributed by atoms with van der Waals surface area (Å²) in [5.41, 5.74) is 9.60. The molecule has 7 rings (SSSR count). The maximum absolute atomic E-state index is 13.3. The molecule has 0 spiro atoms. The molecule has 0 bridgehead atoms. The second kappa shape index (κ2) is 11.5. The molecule has 3 aliphatic rings. The van der Waals surface area contributed by atoms with Gasteiger partial charge in [-0.15, -0.1) is 0 Å². The summed E-state index contributed by atoms with van der Waals surface area (Å²) in [4.78, 5) is 66.6. The van der Waals surface area contributed by atoms with Gasteiger partial charge in [-0.05, 0) is 0 Å². The van der Waals surface area contributed by atoms with E-state index in [0.29, 0.717) is 0 Å². The summed E-state index contributed by atoms with van der Waals surface area (Å²) in [6, 6.07) is 0. The molecule has 0 aliphatic carbocycles. The van der Waals surface area contributed by atoms with Gasteiger partial charge in [0.2, 0.25) is 11.9 Å². The fourth-order valence-corrected chi connectivity index (χ4v) is 7.54. The number of H-pyrrole nitrogens is 2. The smallest absolute Gasteiger partial charge is 0.386 e. The molecular weight excluding hydrogens is 678 g/mol. The zero-order chi connectivity index (χ0) is 33.4. The van der Waals surface area contributed by atoms with E-state index in [-0.39, 0.29) is 34.2 Å². The minimum atomic E-state index is -5.07. The molecule has 3 fully saturated rings. The highest BCUT2D eigenvalue weighted by Gasteiger charge is 2.54. The SMILES string of the molecule is CO[C@@H]1[C@@H]2OP(=O)(O)OC[C@H]3O[C@@H](n4cnc5c(=O)[nH]c(N)nc54)[C@H](O)[C@@H]3OP(=O)(O)OC[C@H]2O[C@H]1n1cnc2c(=O)[nH]c(N)nc21. The van der Waals surface area contributed by atoms with Crippen LogP contribution in [0.2, 0.25) is 0 Å². The maximum atomic E-state index is 13.3. The number of nitrogens with zero attached hydrogens (tertiary/aromatic N) is 6. The normalized spacial score (nSPS) is 36.6. The van der Waals surface area contributed by atoms with Gasteiger partial charge in [-0.1, -0.05) is 0 Å². The summed E-state index contributed by atoms with van der Waals surface area (Å²) < 4.78 is 67.3. The highest BCUT2D eigenvalue weighted by Crippen LogP contribution is 2.54. The Bertz CT molecular complexity index is 2070. The molecule has 26 heteroatoms. The number of aliphatic hydroxyl groups is 1. The van der Waals surface area contributed by atoms with Crippen LogP contribution in [0.3, 0.4) is 0 Å². The fraction of sp³-hybridized carbons (Fsp3) is 0.524. The topological polar surface area (TPSA) is 339 Å². The van der Waals surface area contributed by atoms with Crippen molar-refractivity contribution >= 4 is 49.9 Å². The van der Waals surface area contributed by atoms with Crippen molar-refractivity contribution in [3.63, 3.8) is 0 Å². The highest BCUT2D eigenvalue weighted by atomic mass is 31.2. The van der Waals surface area contributed by atoms with Crippen LogP contribution in [-0.4, -0.2) is 111 Å². The summed E-state index contributed by atoms with van der Waals surface area (Å²) >= 11 is 0. The number of imidazole rings is 2. The summed E-state index contributed by atoms with van der Waals surface area (Å²) in [5.74, 6) is -0.504. The van der Waals surface area contributed by atoms with Crippen molar-refractivity contribution < 1.29 is 56.3 Å². The molecule has 2 unspecified atom stereocenters. The first-order valence-electron chi connectivity index (χ1n) is 13.5. The van der Waals surface area contributed by atoms with Gasteiger partial charge in [0.1, 0.15) is 36.6 Å². The number of methoxy groups -OCH3 is 1. The van der Waals surface area contributed by atoms with Crippen LogP contribution >= 0.6 is 15.6 Å². The van der Waals surface area contributed by atoms with E-state index >= 15 is 0 Å². The molecule has 24 nitrogen and oxygen atoms in total. The number of hydrogen-bond acceptors (Lipinski definition) is 18. The third kappa shape index (κ3) is 5.67. The number of nitrogen functional groups attached to an aromatic ring is 2. The van der Waals surface area contributed by atoms with E-state index in [2.05, 4.69) is 29.9 Å². The quantitative estimate of drug-likeness (QED) is 0.109. The number of fused-ring (bicyclic) bond motifs is 4. The van der Waals surface area contributed by atoms with E-state index in [9.17, 15) is 33.6 Å². The zero-order valence-electron chi connectivity index (χ0n) is 23.8. The maximum Gasteiger partial charge on any atom is 0.472 e. The van der Waals surface area contributed by atoms with E-state index in [1.54, 1.807) is 0 Å². The van der Waals surface area contributed by atoms with Crippen molar-refractivity contribution in [1.82, 2.24) is 39.0 Å². The zero-order valence-corrected chi connectivity index (χ0v) is 25.5. The van der Waals surface area contributed by atoms with Crippen LogP contribution in [0, 0.1) is 0 Å². The number of hydrogen-bond donors (Lipinski definition) is 7. The lowest BCUT2D eigenvalue weighted by atomic mass is 10.1. The summed E-state index contributed by atoms with van der Waals surface area (Å²) in [5, 5.41) is 11.2. The van der Waals surface area contributed by atoms with E-state index in [1.165, 1.54) is 18.0 Å². The molecule has 10 atom stereocenters. The van der Waals surface area contributed by atoms with Gasteiger partial charge in [0.25, 0.3) is 11.1 Å². The Morgan fingerprint density at radius 2 is 1.32 bits per heavy atom. The van der Waals surface area contributed by atoms with Crippen LogP contribution in [-0.2, 0) is 41.4 Å². The molecule has 254 valence electrons. The van der Waals surface area contributed by atoms with E-state index in [0.717, 1.165) is 10.9 Å². The molecule has 0 saturated carbocycles. The number of aromatic nitrogens is 8. The lowest BCUT2D eigenvalue weighted by molar-refractivity contribution is -0.0666. The Morgan fingerprint density at radius 3 is 1.85 bits per heavy atom. The predicted octanol–water partition coefficient (Wildman–Crippen LogP) is -2.39. The lowest BCUT2D eigenvalue weighted by Crippen LogP contribution is -2.39. The number of phosphoric acid groups is 2. The van der Waals surface area contributed by atoms with Gasteiger partial charge < -0.3 is 40.6 Å². The van der Waals surface area contributed by atoms with Crippen molar-refractivity contribution in [3.8, 4) is 0 Å². The summed E-state index contributed by atoms with van der Waals surface area (Å²) in [6.07, 6.45) is -9.52. The molecule has 4 aromatic heterocycles. The minimum absolute atomic E-state index is 0.0298. The molecule has 0 aromatic carbocycles. The number of nitrogens with one attached hydrogen (secondary N) is 2. The number of rotatable bonds is 3. The third-order valence-electron chi connectivity index (χ3n) is 7.63. The molecule has 9 N–H and O–H groups in total. The third-order valence-corrected chi connectivity index (χ3v) is 9.60. The first-order valence-corrected chi connectivity index (χ1v) is 16.5. The number of aliphatic hydroxyl groups excluding tert-OH is 1. The van der Waals surface area contributed by atoms with Gasteiger partial charge in [0.15, 0.2) is 34.8 Å². The van der Waals surface area contributed by atoms with Crippen LogP contribution in [0.25, 0.3) is 22.3 Å². The number of anilines is 2. The fourth-order valence-electron chi connectivity index (χ4n) is 5.62. The van der Waals surface area contributed by atoms with Gasteiger partial charge in [-0.25, -0.2) is 19.1 Å². The molecule has 47 heavy (non-hydrogen) atoms. The Kier molecular flexibility index (Phi) is 7.82. The lowest BCUT2D eigenvalue weighted by Gasteiger charge is -2.28. The van der Waals surface area contributed by atoms with Gasteiger partial charge in [-0.3, -0.25) is 46.8 Å². The molecule has 3 saturated heterocycles. The molecule has 0 radical (unpaired) electrons. The molecular formula is C21H26N10O14P2. The molecule has 7 heterocycles.